The van der Waals surface area contributed by atoms with Crippen molar-refractivity contribution < 1.29 is 8.63 Å². The lowest BCUT2D eigenvalue weighted by Gasteiger charge is -2.38. The Morgan fingerprint density at radius 3 is 2.29 bits per heavy atom. The highest BCUT2D eigenvalue weighted by molar-refractivity contribution is 7.96. The third-order valence-corrected chi connectivity index (χ3v) is 13.2. The molecule has 1 fully saturated rings. The molecule has 1 aromatic rings. The van der Waals surface area contributed by atoms with Crippen LogP contribution >= 0.6 is 0 Å². The van der Waals surface area contributed by atoms with E-state index in [2.05, 4.69) is 39.0 Å². The quantitative estimate of drug-likeness (QED) is 0.408. The molecule has 2 rings (SSSR count). The van der Waals surface area contributed by atoms with E-state index in [1.165, 1.54) is 23.7 Å². The van der Waals surface area contributed by atoms with Gasteiger partial charge in [0, 0.05) is 18.4 Å². The van der Waals surface area contributed by atoms with Gasteiger partial charge < -0.3 is 4.43 Å². The molecule has 3 atom stereocenters. The monoisotopic (exact) mass is 421 g/mol. The van der Waals surface area contributed by atoms with Crippen molar-refractivity contribution in [3.63, 3.8) is 0 Å². The van der Waals surface area contributed by atoms with Crippen LogP contribution in [0.5, 0.6) is 0 Å². The Bertz CT molecular complexity index is 754. The van der Waals surface area contributed by atoms with E-state index < -0.39 is 18.0 Å². The molecule has 0 amide bonds. The fourth-order valence-electron chi connectivity index (χ4n) is 4.44. The van der Waals surface area contributed by atoms with Gasteiger partial charge >= 0.3 is 0 Å². The van der Waals surface area contributed by atoms with Crippen molar-refractivity contribution in [2.75, 3.05) is 7.05 Å². The van der Waals surface area contributed by atoms with Crippen molar-refractivity contribution in [1.29, 1.82) is 0 Å². The Morgan fingerprint density at radius 2 is 1.79 bits per heavy atom. The molecule has 5 heteroatoms. The molecule has 1 aliphatic carbocycles. The largest absolute Gasteiger partial charge is 0.413 e. The maximum absolute atomic E-state index is 13.6. The Balaban J connectivity index is 2.40. The van der Waals surface area contributed by atoms with Crippen molar-refractivity contribution in [1.82, 2.24) is 0 Å². The van der Waals surface area contributed by atoms with Gasteiger partial charge in [0.1, 0.15) is 0 Å². The Hall–Kier alpha value is -0.913. The van der Waals surface area contributed by atoms with Crippen molar-refractivity contribution in [2.24, 2.45) is 16.2 Å². The van der Waals surface area contributed by atoms with Crippen LogP contribution in [-0.4, -0.2) is 25.7 Å². The zero-order valence-electron chi connectivity index (χ0n) is 18.6. The summed E-state index contributed by atoms with van der Waals surface area (Å²) in [5.41, 5.74) is 1.30. The van der Waals surface area contributed by atoms with Crippen molar-refractivity contribution in [3.8, 4) is 0 Å². The summed E-state index contributed by atoms with van der Waals surface area (Å²) >= 11 is 0. The molecule has 0 spiro atoms. The van der Waals surface area contributed by atoms with Gasteiger partial charge in [0.05, 0.1) is 20.7 Å². The summed E-state index contributed by atoms with van der Waals surface area (Å²) in [5.74, 6) is 0.817. The topological polar surface area (TPSA) is 38.7 Å². The molecule has 1 aromatic carbocycles. The van der Waals surface area contributed by atoms with Gasteiger partial charge in [-0.25, -0.2) is 8.57 Å². The smallest absolute Gasteiger partial charge is 0.192 e. The highest BCUT2D eigenvalue weighted by atomic mass is 32.2. The molecule has 0 bridgehead atoms. The molecule has 1 saturated carbocycles. The van der Waals surface area contributed by atoms with Crippen LogP contribution < -0.4 is 0 Å². The first-order valence-electron chi connectivity index (χ1n) is 10.9. The van der Waals surface area contributed by atoms with E-state index in [1.807, 2.05) is 35.7 Å². The van der Waals surface area contributed by atoms with Crippen LogP contribution in [0.25, 0.3) is 0 Å². The average Bonchev–Trinajstić information content (AvgIpc) is 3.17. The van der Waals surface area contributed by atoms with Gasteiger partial charge in [-0.1, -0.05) is 58.4 Å². The molecular weight excluding hydrogens is 382 g/mol. The fourth-order valence-corrected chi connectivity index (χ4v) is 9.15. The first-order chi connectivity index (χ1) is 13.3. The lowest BCUT2D eigenvalue weighted by atomic mass is 9.90. The number of rotatable bonds is 9. The molecule has 0 aliphatic heterocycles. The van der Waals surface area contributed by atoms with E-state index in [9.17, 15) is 4.21 Å². The SMILES string of the molecule is CC[Si](CC)(CC)O[C@@H](C(C)C)[C@@H]1CCC/C1=C/S(=O)(=NC)c1ccccc1. The zero-order chi connectivity index (χ0) is 20.8. The van der Waals surface area contributed by atoms with Crippen LogP contribution in [0.2, 0.25) is 18.1 Å². The standard InChI is InChI=1S/C23H39NO2SSi/c1-7-28(8-2,9-3)26-23(19(4)5)22-17-13-14-20(22)18-27(25,24-6)21-15-11-10-12-16-21/h10-12,15-16,18-19,22-23H,7-9,13-14,17H2,1-6H3/b20-18-/t22-,23+,27?/m1/s1. The van der Waals surface area contributed by atoms with E-state index in [4.69, 9.17) is 4.43 Å². The summed E-state index contributed by atoms with van der Waals surface area (Å²) < 4.78 is 25.0. The summed E-state index contributed by atoms with van der Waals surface area (Å²) in [6, 6.07) is 13.2. The van der Waals surface area contributed by atoms with Gasteiger partial charge in [-0.05, 0) is 55.4 Å². The minimum atomic E-state index is -2.52. The molecule has 0 heterocycles. The average molecular weight is 422 g/mol. The fraction of sp³-hybridized carbons (Fsp3) is 0.652. The molecule has 0 saturated heterocycles. The Morgan fingerprint density at radius 1 is 1.18 bits per heavy atom. The van der Waals surface area contributed by atoms with E-state index >= 15 is 0 Å². The first kappa shape index (κ1) is 23.4. The van der Waals surface area contributed by atoms with Gasteiger partial charge in [-0.2, -0.15) is 0 Å². The molecule has 1 aliphatic rings. The van der Waals surface area contributed by atoms with Crippen molar-refractivity contribution in [3.05, 3.63) is 41.3 Å². The number of nitrogens with zero attached hydrogens (tertiary/aromatic N) is 1. The summed E-state index contributed by atoms with van der Waals surface area (Å²) in [6.45, 7) is 11.4. The maximum atomic E-state index is 13.6. The molecule has 3 nitrogen and oxygen atoms in total. The second-order valence-electron chi connectivity index (χ2n) is 8.33. The number of benzene rings is 1. The van der Waals surface area contributed by atoms with Crippen LogP contribution in [0.1, 0.15) is 53.9 Å². The zero-order valence-corrected chi connectivity index (χ0v) is 20.4. The van der Waals surface area contributed by atoms with E-state index in [0.717, 1.165) is 24.2 Å². The van der Waals surface area contributed by atoms with Crippen molar-refractivity contribution >= 4 is 18.0 Å². The molecule has 1 unspecified atom stereocenters. The summed E-state index contributed by atoms with van der Waals surface area (Å²) in [6.07, 6.45) is 3.51. The maximum Gasteiger partial charge on any atom is 0.192 e. The van der Waals surface area contributed by atoms with E-state index in [-0.39, 0.29) is 6.10 Å². The van der Waals surface area contributed by atoms with E-state index in [1.54, 1.807) is 7.05 Å². The van der Waals surface area contributed by atoms with Crippen LogP contribution in [0.3, 0.4) is 0 Å². The number of hydrogen-bond acceptors (Lipinski definition) is 3. The van der Waals surface area contributed by atoms with Gasteiger partial charge in [0.25, 0.3) is 0 Å². The minimum Gasteiger partial charge on any atom is -0.413 e. The molecule has 0 aromatic heterocycles. The predicted octanol–water partition coefficient (Wildman–Crippen LogP) is 6.87. The minimum absolute atomic E-state index is 0.219. The lowest BCUT2D eigenvalue weighted by Crippen LogP contribution is -2.44. The number of hydrogen-bond donors (Lipinski definition) is 0. The van der Waals surface area contributed by atoms with E-state index in [0.29, 0.717) is 11.8 Å². The summed E-state index contributed by atoms with van der Waals surface area (Å²) in [7, 11) is -2.54. The van der Waals surface area contributed by atoms with Gasteiger partial charge in [0.2, 0.25) is 0 Å². The second-order valence-corrected chi connectivity index (χ2v) is 15.3. The highest BCUT2D eigenvalue weighted by Gasteiger charge is 2.39. The van der Waals surface area contributed by atoms with Crippen LogP contribution in [0.4, 0.5) is 0 Å². The van der Waals surface area contributed by atoms with Crippen LogP contribution in [0.15, 0.2) is 50.6 Å². The molecular formula is C23H39NO2SSi. The summed E-state index contributed by atoms with van der Waals surface area (Å²) in [4.78, 5) is 0.803. The van der Waals surface area contributed by atoms with Crippen molar-refractivity contribution in [2.45, 2.75) is 83.0 Å². The summed E-state index contributed by atoms with van der Waals surface area (Å²) in [5, 5.41) is 1.99. The second kappa shape index (κ2) is 10.2. The molecule has 158 valence electrons. The molecule has 0 radical (unpaired) electrons. The third kappa shape index (κ3) is 5.16. The Labute approximate surface area is 174 Å². The Kier molecular flexibility index (Phi) is 8.53. The predicted molar refractivity (Wildman–Crippen MR) is 124 cm³/mol. The molecule has 28 heavy (non-hydrogen) atoms. The first-order valence-corrected chi connectivity index (χ1v) is 15.0. The van der Waals surface area contributed by atoms with Gasteiger partial charge in [-0.3, -0.25) is 0 Å². The van der Waals surface area contributed by atoms with Crippen LogP contribution in [-0.2, 0) is 14.2 Å². The third-order valence-electron chi connectivity index (χ3n) is 6.49. The molecule has 0 N–H and O–H groups in total. The van der Waals surface area contributed by atoms with Crippen LogP contribution in [0, 0.1) is 11.8 Å². The normalized spacial score (nSPS) is 22.4. The lowest BCUT2D eigenvalue weighted by molar-refractivity contribution is 0.0948. The van der Waals surface area contributed by atoms with Gasteiger partial charge in [-0.15, -0.1) is 0 Å². The highest BCUT2D eigenvalue weighted by Crippen LogP contribution is 2.41. The van der Waals surface area contributed by atoms with Gasteiger partial charge in [0.15, 0.2) is 8.32 Å².